The maximum absolute atomic E-state index is 12.4. The molecule has 1 heterocycles. The predicted octanol–water partition coefficient (Wildman–Crippen LogP) is 1.71. The third-order valence-corrected chi connectivity index (χ3v) is 5.45. The Morgan fingerprint density at radius 2 is 1.94 bits per heavy atom. The molecule has 0 bridgehead atoms. The average molecular weight is 253 g/mol. The van der Waals surface area contributed by atoms with Crippen LogP contribution in [0.3, 0.4) is 0 Å². The van der Waals surface area contributed by atoms with Gasteiger partial charge in [-0.25, -0.2) is 8.42 Å². The lowest BCUT2D eigenvalue weighted by atomic mass is 10.2. The summed E-state index contributed by atoms with van der Waals surface area (Å²) in [5.74, 6) is 0. The summed E-state index contributed by atoms with van der Waals surface area (Å²) < 4.78 is 23.6. The standard InChI is InChI=1S/C12H15NO3S/c1-12(2,8-14)17(15,16)11-7-13-10-6-4-3-5-9(10)11/h3-7,13-14H,8H2,1-2H3. The second kappa shape index (κ2) is 3.85. The van der Waals surface area contributed by atoms with Crippen molar-refractivity contribution in [1.82, 2.24) is 4.98 Å². The van der Waals surface area contributed by atoms with Gasteiger partial charge in [-0.3, -0.25) is 0 Å². The number of nitrogens with one attached hydrogen (secondary N) is 1. The van der Waals surface area contributed by atoms with E-state index >= 15 is 0 Å². The number of rotatable bonds is 3. The second-order valence-electron chi connectivity index (χ2n) is 4.62. The maximum Gasteiger partial charge on any atom is 0.187 e. The van der Waals surface area contributed by atoms with Gasteiger partial charge in [0.05, 0.1) is 16.2 Å². The summed E-state index contributed by atoms with van der Waals surface area (Å²) in [6.45, 7) is 2.63. The lowest BCUT2D eigenvalue weighted by Gasteiger charge is -2.21. The first kappa shape index (κ1) is 12.1. The Morgan fingerprint density at radius 3 is 2.59 bits per heavy atom. The summed E-state index contributed by atoms with van der Waals surface area (Å²) in [5.41, 5.74) is 0.778. The largest absolute Gasteiger partial charge is 0.395 e. The van der Waals surface area contributed by atoms with Gasteiger partial charge in [-0.05, 0) is 19.9 Å². The highest BCUT2D eigenvalue weighted by Gasteiger charge is 2.36. The van der Waals surface area contributed by atoms with E-state index in [4.69, 9.17) is 0 Å². The van der Waals surface area contributed by atoms with Gasteiger partial charge in [0, 0.05) is 17.1 Å². The van der Waals surface area contributed by atoms with Crippen LogP contribution in [-0.2, 0) is 9.84 Å². The van der Waals surface area contributed by atoms with Gasteiger partial charge in [-0.1, -0.05) is 18.2 Å². The van der Waals surface area contributed by atoms with Crippen LogP contribution in [0, 0.1) is 0 Å². The minimum atomic E-state index is -3.55. The van der Waals surface area contributed by atoms with E-state index < -0.39 is 21.2 Å². The van der Waals surface area contributed by atoms with Crippen LogP contribution >= 0.6 is 0 Å². The summed E-state index contributed by atoms with van der Waals surface area (Å²) in [6.07, 6.45) is 1.48. The predicted molar refractivity (Wildman–Crippen MR) is 66.6 cm³/mol. The summed E-state index contributed by atoms with van der Waals surface area (Å²) in [5, 5.41) is 9.87. The van der Waals surface area contributed by atoms with Crippen molar-refractivity contribution < 1.29 is 13.5 Å². The number of aliphatic hydroxyl groups is 1. The van der Waals surface area contributed by atoms with E-state index in [9.17, 15) is 13.5 Å². The SMILES string of the molecule is CC(C)(CO)S(=O)(=O)c1c[nH]c2ccccc12. The van der Waals surface area contributed by atoms with Crippen molar-refractivity contribution in [2.75, 3.05) is 6.61 Å². The first-order valence-electron chi connectivity index (χ1n) is 5.32. The quantitative estimate of drug-likeness (QED) is 0.875. The zero-order valence-corrected chi connectivity index (χ0v) is 10.6. The van der Waals surface area contributed by atoms with Crippen molar-refractivity contribution in [3.05, 3.63) is 30.5 Å². The molecule has 1 aromatic carbocycles. The lowest BCUT2D eigenvalue weighted by molar-refractivity contribution is 0.258. The third kappa shape index (κ3) is 1.75. The van der Waals surface area contributed by atoms with E-state index in [1.165, 1.54) is 20.0 Å². The minimum Gasteiger partial charge on any atom is -0.395 e. The number of para-hydroxylation sites is 1. The van der Waals surface area contributed by atoms with Gasteiger partial charge < -0.3 is 10.1 Å². The summed E-state index contributed by atoms with van der Waals surface area (Å²) in [6, 6.07) is 7.21. The Kier molecular flexibility index (Phi) is 2.75. The van der Waals surface area contributed by atoms with Gasteiger partial charge in [0.15, 0.2) is 9.84 Å². The number of aliphatic hydroxyl groups excluding tert-OH is 1. The Labute approximate surface area is 100 Å². The number of fused-ring (bicyclic) bond motifs is 1. The first-order chi connectivity index (χ1) is 7.90. The van der Waals surface area contributed by atoms with Crippen LogP contribution in [-0.4, -0.2) is 29.9 Å². The van der Waals surface area contributed by atoms with Crippen molar-refractivity contribution in [3.8, 4) is 0 Å². The van der Waals surface area contributed by atoms with Gasteiger partial charge in [0.2, 0.25) is 0 Å². The molecular formula is C12H15NO3S. The molecule has 17 heavy (non-hydrogen) atoms. The number of hydrogen-bond acceptors (Lipinski definition) is 3. The minimum absolute atomic E-state index is 0.243. The molecule has 0 aliphatic carbocycles. The Hall–Kier alpha value is -1.33. The molecular weight excluding hydrogens is 238 g/mol. The number of aromatic amines is 1. The normalized spacial score (nSPS) is 13.1. The summed E-state index contributed by atoms with van der Waals surface area (Å²) >= 11 is 0. The van der Waals surface area contributed by atoms with E-state index in [2.05, 4.69) is 4.98 Å². The molecule has 0 atom stereocenters. The summed E-state index contributed by atoms with van der Waals surface area (Å²) in [7, 11) is -3.55. The molecule has 0 fully saturated rings. The summed E-state index contributed by atoms with van der Waals surface area (Å²) in [4.78, 5) is 3.17. The number of sulfone groups is 1. The van der Waals surface area contributed by atoms with Gasteiger partial charge in [-0.2, -0.15) is 0 Å². The Bertz CT molecular complexity index is 641. The fraction of sp³-hybridized carbons (Fsp3) is 0.333. The van der Waals surface area contributed by atoms with Crippen molar-refractivity contribution in [3.63, 3.8) is 0 Å². The average Bonchev–Trinajstić information content (AvgIpc) is 2.72. The van der Waals surface area contributed by atoms with Crippen LogP contribution in [0.2, 0.25) is 0 Å². The van der Waals surface area contributed by atoms with E-state index in [0.717, 1.165) is 5.52 Å². The zero-order valence-electron chi connectivity index (χ0n) is 9.77. The number of H-pyrrole nitrogens is 1. The van der Waals surface area contributed by atoms with Crippen molar-refractivity contribution in [2.45, 2.75) is 23.5 Å². The van der Waals surface area contributed by atoms with Gasteiger partial charge in [0.25, 0.3) is 0 Å². The molecule has 0 amide bonds. The molecule has 4 nitrogen and oxygen atoms in total. The molecule has 0 saturated carbocycles. The molecule has 0 radical (unpaired) electrons. The zero-order chi connectivity index (χ0) is 12.7. The number of hydrogen-bond donors (Lipinski definition) is 2. The maximum atomic E-state index is 12.4. The van der Waals surface area contributed by atoms with Crippen LogP contribution in [0.1, 0.15) is 13.8 Å². The molecule has 2 rings (SSSR count). The van der Waals surface area contributed by atoms with Gasteiger partial charge in [-0.15, -0.1) is 0 Å². The molecule has 0 unspecified atom stereocenters. The topological polar surface area (TPSA) is 70.2 Å². The molecule has 0 spiro atoms. The fourth-order valence-corrected chi connectivity index (χ4v) is 3.10. The second-order valence-corrected chi connectivity index (χ2v) is 7.17. The van der Waals surface area contributed by atoms with E-state index in [1.54, 1.807) is 12.1 Å². The van der Waals surface area contributed by atoms with Crippen molar-refractivity contribution in [1.29, 1.82) is 0 Å². The van der Waals surface area contributed by atoms with Crippen LogP contribution in [0.25, 0.3) is 10.9 Å². The molecule has 0 aliphatic rings. The van der Waals surface area contributed by atoms with E-state index in [1.807, 2.05) is 12.1 Å². The lowest BCUT2D eigenvalue weighted by Crippen LogP contribution is -2.35. The molecule has 1 aromatic heterocycles. The molecule has 5 heteroatoms. The van der Waals surface area contributed by atoms with Gasteiger partial charge in [0.1, 0.15) is 0 Å². The van der Waals surface area contributed by atoms with Gasteiger partial charge >= 0.3 is 0 Å². The highest BCUT2D eigenvalue weighted by Crippen LogP contribution is 2.30. The molecule has 2 aromatic rings. The monoisotopic (exact) mass is 253 g/mol. The number of benzene rings is 1. The smallest absolute Gasteiger partial charge is 0.187 e. The third-order valence-electron chi connectivity index (χ3n) is 2.95. The van der Waals surface area contributed by atoms with E-state index in [-0.39, 0.29) is 4.90 Å². The Morgan fingerprint density at radius 1 is 1.29 bits per heavy atom. The van der Waals surface area contributed by atoms with Crippen LogP contribution in [0.4, 0.5) is 0 Å². The van der Waals surface area contributed by atoms with Crippen LogP contribution in [0.5, 0.6) is 0 Å². The molecule has 0 saturated heterocycles. The first-order valence-corrected chi connectivity index (χ1v) is 6.80. The van der Waals surface area contributed by atoms with Crippen LogP contribution in [0.15, 0.2) is 35.4 Å². The van der Waals surface area contributed by atoms with E-state index in [0.29, 0.717) is 5.39 Å². The Balaban J connectivity index is 2.70. The molecule has 2 N–H and O–H groups in total. The highest BCUT2D eigenvalue weighted by molar-refractivity contribution is 7.93. The molecule has 92 valence electrons. The van der Waals surface area contributed by atoms with Crippen molar-refractivity contribution in [2.24, 2.45) is 0 Å². The number of aromatic nitrogens is 1. The van der Waals surface area contributed by atoms with Crippen molar-refractivity contribution >= 4 is 20.7 Å². The fourth-order valence-electron chi connectivity index (χ4n) is 1.65. The molecule has 0 aliphatic heterocycles. The highest BCUT2D eigenvalue weighted by atomic mass is 32.2. The van der Waals surface area contributed by atoms with Crippen LogP contribution < -0.4 is 0 Å².